The molecule has 0 saturated heterocycles. The summed E-state index contributed by atoms with van der Waals surface area (Å²) in [5, 5.41) is 9.00. The SMILES string of the molecule is C#CC1CC(CC(C)O)C1. The van der Waals surface area contributed by atoms with Crippen LogP contribution in [0.2, 0.25) is 0 Å². The fourth-order valence-corrected chi connectivity index (χ4v) is 1.55. The smallest absolute Gasteiger partial charge is 0.0514 e. The van der Waals surface area contributed by atoms with E-state index in [1.54, 1.807) is 0 Å². The van der Waals surface area contributed by atoms with Crippen molar-refractivity contribution in [3.05, 3.63) is 0 Å². The number of aliphatic hydroxyl groups is 1. The lowest BCUT2D eigenvalue weighted by Crippen LogP contribution is -2.25. The summed E-state index contributed by atoms with van der Waals surface area (Å²) in [6.07, 6.45) is 8.25. The monoisotopic (exact) mass is 138 g/mol. The molecule has 0 aromatic carbocycles. The quantitative estimate of drug-likeness (QED) is 0.572. The van der Waals surface area contributed by atoms with E-state index in [4.69, 9.17) is 11.5 Å². The molecular weight excluding hydrogens is 124 g/mol. The van der Waals surface area contributed by atoms with Gasteiger partial charge in [0.05, 0.1) is 6.10 Å². The highest BCUT2D eigenvalue weighted by Gasteiger charge is 2.27. The van der Waals surface area contributed by atoms with Crippen LogP contribution in [0.3, 0.4) is 0 Å². The molecule has 0 radical (unpaired) electrons. The normalized spacial score (nSPS) is 34.1. The fourth-order valence-electron chi connectivity index (χ4n) is 1.55. The predicted octanol–water partition coefficient (Wildman–Crippen LogP) is 1.42. The second kappa shape index (κ2) is 3.07. The lowest BCUT2D eigenvalue weighted by atomic mass is 9.73. The van der Waals surface area contributed by atoms with E-state index >= 15 is 0 Å². The molecule has 0 aromatic rings. The summed E-state index contributed by atoms with van der Waals surface area (Å²) in [5.41, 5.74) is 0. The first kappa shape index (κ1) is 7.63. The third-order valence-electron chi connectivity index (χ3n) is 2.15. The van der Waals surface area contributed by atoms with E-state index in [-0.39, 0.29) is 6.10 Å². The van der Waals surface area contributed by atoms with Crippen molar-refractivity contribution in [3.8, 4) is 12.3 Å². The summed E-state index contributed by atoms with van der Waals surface area (Å²) >= 11 is 0. The fraction of sp³-hybridized carbons (Fsp3) is 0.778. The van der Waals surface area contributed by atoms with Gasteiger partial charge in [-0.1, -0.05) is 0 Å². The van der Waals surface area contributed by atoms with Crippen LogP contribution in [0, 0.1) is 24.2 Å². The van der Waals surface area contributed by atoms with Crippen molar-refractivity contribution in [2.75, 3.05) is 0 Å². The number of hydrogen-bond donors (Lipinski definition) is 1. The molecule has 1 saturated carbocycles. The average Bonchev–Trinajstić information content (AvgIpc) is 1.76. The lowest BCUT2D eigenvalue weighted by molar-refractivity contribution is 0.117. The number of aliphatic hydroxyl groups excluding tert-OH is 1. The highest BCUT2D eigenvalue weighted by molar-refractivity contribution is 5.00. The van der Waals surface area contributed by atoms with Gasteiger partial charge in [0.15, 0.2) is 0 Å². The highest BCUT2D eigenvalue weighted by atomic mass is 16.3. The molecular formula is C9H14O. The molecule has 1 nitrogen and oxygen atoms in total. The molecule has 0 heterocycles. The molecule has 1 rings (SSSR count). The van der Waals surface area contributed by atoms with Crippen molar-refractivity contribution in [3.63, 3.8) is 0 Å². The van der Waals surface area contributed by atoms with Crippen molar-refractivity contribution in [2.24, 2.45) is 11.8 Å². The Hall–Kier alpha value is -0.480. The van der Waals surface area contributed by atoms with Gasteiger partial charge in [-0.25, -0.2) is 0 Å². The standard InChI is InChI=1S/C9H14O/c1-3-8-5-9(6-8)4-7(2)10/h1,7-10H,4-6H2,2H3. The maximum absolute atomic E-state index is 9.00. The van der Waals surface area contributed by atoms with Gasteiger partial charge in [0.1, 0.15) is 0 Å². The van der Waals surface area contributed by atoms with Crippen LogP contribution in [-0.4, -0.2) is 11.2 Å². The molecule has 0 aliphatic heterocycles. The largest absolute Gasteiger partial charge is 0.393 e. The van der Waals surface area contributed by atoms with Gasteiger partial charge in [0.2, 0.25) is 0 Å². The minimum absolute atomic E-state index is 0.149. The van der Waals surface area contributed by atoms with Crippen LogP contribution in [0.15, 0.2) is 0 Å². The van der Waals surface area contributed by atoms with E-state index in [2.05, 4.69) is 5.92 Å². The summed E-state index contributed by atoms with van der Waals surface area (Å²) in [6.45, 7) is 1.84. The topological polar surface area (TPSA) is 20.2 Å². The zero-order valence-electron chi connectivity index (χ0n) is 6.38. The first-order valence-corrected chi connectivity index (χ1v) is 3.86. The van der Waals surface area contributed by atoms with Crippen molar-refractivity contribution in [1.29, 1.82) is 0 Å². The van der Waals surface area contributed by atoms with Crippen LogP contribution < -0.4 is 0 Å². The Balaban J connectivity index is 2.10. The Morgan fingerprint density at radius 2 is 2.30 bits per heavy atom. The van der Waals surface area contributed by atoms with Crippen molar-refractivity contribution in [1.82, 2.24) is 0 Å². The molecule has 0 aromatic heterocycles. The number of hydrogen-bond acceptors (Lipinski definition) is 1. The summed E-state index contributed by atoms with van der Waals surface area (Å²) in [4.78, 5) is 0. The Labute approximate surface area is 62.4 Å². The lowest BCUT2D eigenvalue weighted by Gasteiger charge is -2.32. The van der Waals surface area contributed by atoms with Gasteiger partial charge in [-0.2, -0.15) is 0 Å². The molecule has 10 heavy (non-hydrogen) atoms. The molecule has 1 unspecified atom stereocenters. The third-order valence-corrected chi connectivity index (χ3v) is 2.15. The van der Waals surface area contributed by atoms with E-state index in [0.717, 1.165) is 19.3 Å². The predicted molar refractivity (Wildman–Crippen MR) is 41.3 cm³/mol. The summed E-state index contributed by atoms with van der Waals surface area (Å²) < 4.78 is 0. The molecule has 1 N–H and O–H groups in total. The Morgan fingerprint density at radius 1 is 1.70 bits per heavy atom. The second-order valence-corrected chi connectivity index (χ2v) is 3.29. The van der Waals surface area contributed by atoms with Crippen molar-refractivity contribution >= 4 is 0 Å². The zero-order valence-corrected chi connectivity index (χ0v) is 6.38. The van der Waals surface area contributed by atoms with Crippen LogP contribution in [0.5, 0.6) is 0 Å². The summed E-state index contributed by atoms with van der Waals surface area (Å²) in [5.74, 6) is 3.92. The molecule has 0 spiro atoms. The minimum atomic E-state index is -0.149. The van der Waals surface area contributed by atoms with E-state index in [9.17, 15) is 0 Å². The van der Waals surface area contributed by atoms with Crippen LogP contribution in [0.25, 0.3) is 0 Å². The third kappa shape index (κ3) is 1.75. The molecule has 1 heteroatoms. The molecule has 1 aliphatic carbocycles. The van der Waals surface area contributed by atoms with Gasteiger partial charge in [0, 0.05) is 5.92 Å². The van der Waals surface area contributed by atoms with E-state index in [1.165, 1.54) is 0 Å². The Morgan fingerprint density at radius 3 is 2.70 bits per heavy atom. The van der Waals surface area contributed by atoms with Crippen molar-refractivity contribution in [2.45, 2.75) is 32.3 Å². The van der Waals surface area contributed by atoms with Gasteiger partial charge in [-0.05, 0) is 32.1 Å². The van der Waals surface area contributed by atoms with Gasteiger partial charge < -0.3 is 5.11 Å². The zero-order chi connectivity index (χ0) is 7.56. The number of rotatable bonds is 2. The minimum Gasteiger partial charge on any atom is -0.393 e. The molecule has 1 atom stereocenters. The van der Waals surface area contributed by atoms with Gasteiger partial charge >= 0.3 is 0 Å². The second-order valence-electron chi connectivity index (χ2n) is 3.29. The van der Waals surface area contributed by atoms with Gasteiger partial charge in [0.25, 0.3) is 0 Å². The van der Waals surface area contributed by atoms with E-state index in [1.807, 2.05) is 6.92 Å². The van der Waals surface area contributed by atoms with Crippen LogP contribution in [-0.2, 0) is 0 Å². The molecule has 0 bridgehead atoms. The first-order chi connectivity index (χ1) is 4.72. The summed E-state index contributed by atoms with van der Waals surface area (Å²) in [7, 11) is 0. The van der Waals surface area contributed by atoms with Crippen LogP contribution in [0.1, 0.15) is 26.2 Å². The van der Waals surface area contributed by atoms with E-state index in [0.29, 0.717) is 11.8 Å². The summed E-state index contributed by atoms with van der Waals surface area (Å²) in [6, 6.07) is 0. The highest BCUT2D eigenvalue weighted by Crippen LogP contribution is 2.35. The van der Waals surface area contributed by atoms with Crippen molar-refractivity contribution < 1.29 is 5.11 Å². The maximum atomic E-state index is 9.00. The first-order valence-electron chi connectivity index (χ1n) is 3.86. The average molecular weight is 138 g/mol. The molecule has 56 valence electrons. The van der Waals surface area contributed by atoms with Crippen LogP contribution >= 0.6 is 0 Å². The Bertz CT molecular complexity index is 137. The maximum Gasteiger partial charge on any atom is 0.0514 e. The molecule has 0 amide bonds. The van der Waals surface area contributed by atoms with Crippen LogP contribution in [0.4, 0.5) is 0 Å². The van der Waals surface area contributed by atoms with Gasteiger partial charge in [-0.15, -0.1) is 12.3 Å². The molecule has 1 aliphatic rings. The number of terminal acetylenes is 1. The van der Waals surface area contributed by atoms with E-state index < -0.39 is 0 Å². The van der Waals surface area contributed by atoms with Gasteiger partial charge in [-0.3, -0.25) is 0 Å². The Kier molecular flexibility index (Phi) is 2.34. The molecule has 1 fully saturated rings.